The molecule has 4 rings (SSSR count). The van der Waals surface area contributed by atoms with Crippen LogP contribution in [0.5, 0.6) is 5.88 Å². The normalized spacial score (nSPS) is 17.5. The number of hydrogen-bond donors (Lipinski definition) is 2. The third-order valence-electron chi connectivity index (χ3n) is 5.93. The van der Waals surface area contributed by atoms with Crippen molar-refractivity contribution in [2.45, 2.75) is 51.7 Å². The average Bonchev–Trinajstić information content (AvgIpc) is 3.59. The molecule has 1 saturated carbocycles. The van der Waals surface area contributed by atoms with Gasteiger partial charge in [0.2, 0.25) is 5.88 Å². The number of nitrogens with zero attached hydrogens (tertiary/aromatic N) is 2. The summed E-state index contributed by atoms with van der Waals surface area (Å²) in [5.74, 6) is 1.62. The van der Waals surface area contributed by atoms with Crippen molar-refractivity contribution in [1.29, 1.82) is 0 Å². The third kappa shape index (κ3) is 5.95. The number of nitrogens with one attached hydrogen (secondary N) is 2. The van der Waals surface area contributed by atoms with Crippen molar-refractivity contribution in [2.75, 3.05) is 25.0 Å². The number of benzene rings is 1. The molecule has 1 saturated heterocycles. The first-order chi connectivity index (χ1) is 14.7. The quantitative estimate of drug-likeness (QED) is 0.686. The van der Waals surface area contributed by atoms with E-state index in [1.165, 1.54) is 19.4 Å². The third-order valence-corrected chi connectivity index (χ3v) is 5.93. The monoisotopic (exact) mass is 408 g/mol. The molecular weight excluding hydrogens is 376 g/mol. The molecule has 1 aliphatic carbocycles. The Kier molecular flexibility index (Phi) is 6.84. The van der Waals surface area contributed by atoms with E-state index in [-0.39, 0.29) is 12.1 Å². The SMILES string of the molecule is CCc1ccccc1NC(=O)NCc1ccc(OC2CCN(CC3CC3)CC2)nc1. The van der Waals surface area contributed by atoms with Crippen LogP contribution in [0.4, 0.5) is 10.5 Å². The van der Waals surface area contributed by atoms with E-state index in [1.807, 2.05) is 36.4 Å². The maximum absolute atomic E-state index is 12.2. The summed E-state index contributed by atoms with van der Waals surface area (Å²) in [6.07, 6.45) is 7.86. The van der Waals surface area contributed by atoms with Gasteiger partial charge in [-0.2, -0.15) is 0 Å². The number of urea groups is 1. The molecule has 0 spiro atoms. The molecule has 6 nitrogen and oxygen atoms in total. The van der Waals surface area contributed by atoms with Gasteiger partial charge in [-0.1, -0.05) is 31.2 Å². The van der Waals surface area contributed by atoms with E-state index in [4.69, 9.17) is 4.74 Å². The Morgan fingerprint density at radius 2 is 1.93 bits per heavy atom. The van der Waals surface area contributed by atoms with Crippen LogP contribution < -0.4 is 15.4 Å². The summed E-state index contributed by atoms with van der Waals surface area (Å²) in [5, 5.41) is 5.81. The minimum absolute atomic E-state index is 0.214. The van der Waals surface area contributed by atoms with E-state index >= 15 is 0 Å². The number of rotatable bonds is 8. The van der Waals surface area contributed by atoms with Gasteiger partial charge >= 0.3 is 6.03 Å². The number of piperidine rings is 1. The van der Waals surface area contributed by atoms with Crippen LogP contribution in [0.1, 0.15) is 43.7 Å². The van der Waals surface area contributed by atoms with Crippen molar-refractivity contribution in [1.82, 2.24) is 15.2 Å². The summed E-state index contributed by atoms with van der Waals surface area (Å²) in [6, 6.07) is 11.5. The molecule has 1 aromatic heterocycles. The number of ether oxygens (including phenoxy) is 1. The van der Waals surface area contributed by atoms with Gasteiger partial charge in [-0.15, -0.1) is 0 Å². The highest BCUT2D eigenvalue weighted by Crippen LogP contribution is 2.30. The van der Waals surface area contributed by atoms with Gasteiger partial charge < -0.3 is 20.3 Å². The molecule has 6 heteroatoms. The van der Waals surface area contributed by atoms with Gasteiger partial charge in [0.15, 0.2) is 0 Å². The van der Waals surface area contributed by atoms with Gasteiger partial charge in [0.25, 0.3) is 0 Å². The Morgan fingerprint density at radius 1 is 1.13 bits per heavy atom. The van der Waals surface area contributed by atoms with Crippen molar-refractivity contribution in [2.24, 2.45) is 5.92 Å². The largest absolute Gasteiger partial charge is 0.474 e. The fourth-order valence-electron chi connectivity index (χ4n) is 3.93. The summed E-state index contributed by atoms with van der Waals surface area (Å²) in [5.41, 5.74) is 2.91. The van der Waals surface area contributed by atoms with Crippen LogP contribution in [0.15, 0.2) is 42.6 Å². The Morgan fingerprint density at radius 3 is 2.63 bits per heavy atom. The van der Waals surface area contributed by atoms with Gasteiger partial charge in [0.05, 0.1) is 0 Å². The number of carbonyl (C=O) groups is 1. The summed E-state index contributed by atoms with van der Waals surface area (Å²) >= 11 is 0. The maximum atomic E-state index is 12.2. The molecule has 160 valence electrons. The topological polar surface area (TPSA) is 66.5 Å². The molecule has 0 radical (unpaired) electrons. The predicted octanol–water partition coefficient (Wildman–Crippen LogP) is 4.22. The van der Waals surface area contributed by atoms with Crippen LogP contribution in [-0.2, 0) is 13.0 Å². The molecule has 2 aromatic rings. The summed E-state index contributed by atoms with van der Waals surface area (Å²) in [4.78, 5) is 19.2. The fraction of sp³-hybridized carbons (Fsp3) is 0.500. The van der Waals surface area contributed by atoms with Gasteiger partial charge in [0, 0.05) is 44.1 Å². The Labute approximate surface area is 179 Å². The number of pyridine rings is 1. The fourth-order valence-corrected chi connectivity index (χ4v) is 3.93. The number of para-hydroxylation sites is 1. The van der Waals surface area contributed by atoms with E-state index in [0.717, 1.165) is 55.1 Å². The maximum Gasteiger partial charge on any atom is 0.319 e. The summed E-state index contributed by atoms with van der Waals surface area (Å²) in [6.45, 7) is 6.02. The second-order valence-electron chi connectivity index (χ2n) is 8.38. The Balaban J connectivity index is 1.19. The lowest BCUT2D eigenvalue weighted by Gasteiger charge is -2.31. The highest BCUT2D eigenvalue weighted by Gasteiger charge is 2.27. The van der Waals surface area contributed by atoms with Gasteiger partial charge in [-0.25, -0.2) is 9.78 Å². The number of amides is 2. The number of anilines is 1. The molecule has 2 fully saturated rings. The van der Waals surface area contributed by atoms with Crippen LogP contribution in [-0.4, -0.2) is 41.7 Å². The summed E-state index contributed by atoms with van der Waals surface area (Å²) < 4.78 is 6.07. The van der Waals surface area contributed by atoms with Crippen molar-refractivity contribution < 1.29 is 9.53 Å². The highest BCUT2D eigenvalue weighted by molar-refractivity contribution is 5.90. The van der Waals surface area contributed by atoms with E-state index < -0.39 is 0 Å². The zero-order valence-electron chi connectivity index (χ0n) is 17.8. The minimum Gasteiger partial charge on any atom is -0.474 e. The summed E-state index contributed by atoms with van der Waals surface area (Å²) in [7, 11) is 0. The van der Waals surface area contributed by atoms with Crippen molar-refractivity contribution in [3.8, 4) is 5.88 Å². The molecule has 1 aliphatic heterocycles. The Bertz CT molecular complexity index is 827. The lowest BCUT2D eigenvalue weighted by Crippen LogP contribution is -2.39. The molecule has 2 aliphatic rings. The van der Waals surface area contributed by atoms with E-state index in [2.05, 4.69) is 27.4 Å². The number of aryl methyl sites for hydroxylation is 1. The molecular formula is C24H32N4O2. The van der Waals surface area contributed by atoms with Crippen LogP contribution in [0.2, 0.25) is 0 Å². The Hall–Kier alpha value is -2.60. The molecule has 30 heavy (non-hydrogen) atoms. The number of carbonyl (C=O) groups excluding carboxylic acids is 1. The van der Waals surface area contributed by atoms with Gasteiger partial charge in [0.1, 0.15) is 6.10 Å². The second-order valence-corrected chi connectivity index (χ2v) is 8.38. The minimum atomic E-state index is -0.214. The first-order valence-electron chi connectivity index (χ1n) is 11.2. The molecule has 0 bridgehead atoms. The number of likely N-dealkylation sites (tertiary alicyclic amines) is 1. The molecule has 2 amide bonds. The zero-order valence-corrected chi connectivity index (χ0v) is 17.8. The van der Waals surface area contributed by atoms with E-state index in [1.54, 1.807) is 6.20 Å². The number of aromatic nitrogens is 1. The molecule has 2 heterocycles. The van der Waals surface area contributed by atoms with Crippen molar-refractivity contribution in [3.05, 3.63) is 53.7 Å². The van der Waals surface area contributed by atoms with Gasteiger partial charge in [-0.3, -0.25) is 0 Å². The standard InChI is InChI=1S/C24H32N4O2/c1-2-20-5-3-4-6-22(20)27-24(29)26-16-19-9-10-23(25-15-19)30-21-11-13-28(14-12-21)17-18-7-8-18/h3-6,9-10,15,18,21H,2,7-8,11-14,16-17H2,1H3,(H2,26,27,29). The second kappa shape index (κ2) is 9.94. The van der Waals surface area contributed by atoms with Crippen LogP contribution >= 0.6 is 0 Å². The first-order valence-corrected chi connectivity index (χ1v) is 11.2. The smallest absolute Gasteiger partial charge is 0.319 e. The van der Waals surface area contributed by atoms with Crippen molar-refractivity contribution in [3.63, 3.8) is 0 Å². The highest BCUT2D eigenvalue weighted by atomic mass is 16.5. The van der Waals surface area contributed by atoms with E-state index in [0.29, 0.717) is 12.4 Å². The first kappa shape index (κ1) is 20.7. The van der Waals surface area contributed by atoms with Crippen molar-refractivity contribution >= 4 is 11.7 Å². The van der Waals surface area contributed by atoms with Gasteiger partial charge in [-0.05, 0) is 55.2 Å². The molecule has 2 N–H and O–H groups in total. The predicted molar refractivity (Wildman–Crippen MR) is 119 cm³/mol. The van der Waals surface area contributed by atoms with E-state index in [9.17, 15) is 4.79 Å². The van der Waals surface area contributed by atoms with Crippen LogP contribution in [0.3, 0.4) is 0 Å². The molecule has 0 unspecified atom stereocenters. The zero-order chi connectivity index (χ0) is 20.8. The lowest BCUT2D eigenvalue weighted by atomic mass is 10.1. The molecule has 1 aromatic carbocycles. The molecule has 0 atom stereocenters. The van der Waals surface area contributed by atoms with Crippen LogP contribution in [0, 0.1) is 5.92 Å². The average molecular weight is 409 g/mol. The van der Waals surface area contributed by atoms with Crippen LogP contribution in [0.25, 0.3) is 0 Å². The lowest BCUT2D eigenvalue weighted by molar-refractivity contribution is 0.0944. The number of hydrogen-bond acceptors (Lipinski definition) is 4.